The number of primary amides is 1. The molecule has 0 bridgehead atoms. The highest BCUT2D eigenvalue weighted by atomic mass is 32.1. The van der Waals surface area contributed by atoms with Crippen LogP contribution in [-0.2, 0) is 4.74 Å². The molecule has 8 nitrogen and oxygen atoms in total. The van der Waals surface area contributed by atoms with E-state index in [-0.39, 0.29) is 24.9 Å². The second kappa shape index (κ2) is 5.74. The van der Waals surface area contributed by atoms with Gasteiger partial charge in [-0.1, -0.05) is 11.3 Å². The normalized spacial score (nSPS) is 13.9. The lowest BCUT2D eigenvalue weighted by molar-refractivity contribution is 0.0941. The number of carbonyl (C=O) groups is 2. The van der Waals surface area contributed by atoms with Gasteiger partial charge in [0.05, 0.1) is 6.54 Å². The molecule has 1 aliphatic rings. The maximum atomic E-state index is 11.8. The van der Waals surface area contributed by atoms with Crippen LogP contribution in [-0.4, -0.2) is 36.2 Å². The van der Waals surface area contributed by atoms with E-state index < -0.39 is 6.09 Å². The minimum atomic E-state index is -0.873. The number of anilines is 2. The molecule has 0 spiro atoms. The van der Waals surface area contributed by atoms with E-state index in [9.17, 15) is 9.59 Å². The largest absolute Gasteiger partial charge is 0.448 e. The molecule has 1 saturated carbocycles. The summed E-state index contributed by atoms with van der Waals surface area (Å²) in [4.78, 5) is 26.6. The van der Waals surface area contributed by atoms with Crippen LogP contribution in [0.4, 0.5) is 15.7 Å². The summed E-state index contributed by atoms with van der Waals surface area (Å²) in [7, 11) is 0. The van der Waals surface area contributed by atoms with Crippen molar-refractivity contribution in [2.24, 2.45) is 5.73 Å². The van der Waals surface area contributed by atoms with E-state index in [4.69, 9.17) is 11.5 Å². The van der Waals surface area contributed by atoms with Crippen LogP contribution in [0.2, 0.25) is 0 Å². The number of rotatable bonds is 6. The molecule has 0 atom stereocenters. The predicted octanol–water partition coefficient (Wildman–Crippen LogP) is 0.125. The van der Waals surface area contributed by atoms with E-state index in [0.717, 1.165) is 12.8 Å². The van der Waals surface area contributed by atoms with E-state index >= 15 is 0 Å². The SMILES string of the molecule is NC(=O)OCCNC(=O)c1sc(NC2CC2)nc1N. The zero-order valence-corrected chi connectivity index (χ0v) is 11.0. The molecule has 1 aliphatic carbocycles. The molecule has 0 aliphatic heterocycles. The van der Waals surface area contributed by atoms with Gasteiger partial charge in [-0.15, -0.1) is 0 Å². The van der Waals surface area contributed by atoms with Gasteiger partial charge in [-0.05, 0) is 12.8 Å². The molecule has 1 aromatic heterocycles. The van der Waals surface area contributed by atoms with Gasteiger partial charge in [0.15, 0.2) is 5.13 Å². The lowest BCUT2D eigenvalue weighted by atomic mass is 10.4. The Morgan fingerprint density at radius 1 is 1.47 bits per heavy atom. The monoisotopic (exact) mass is 285 g/mol. The highest BCUT2D eigenvalue weighted by Crippen LogP contribution is 2.30. The van der Waals surface area contributed by atoms with Gasteiger partial charge in [0.25, 0.3) is 5.91 Å². The number of thiazole rings is 1. The molecule has 0 saturated heterocycles. The molecule has 6 N–H and O–H groups in total. The number of hydrogen-bond acceptors (Lipinski definition) is 7. The van der Waals surface area contributed by atoms with Crippen molar-refractivity contribution in [3.8, 4) is 0 Å². The number of hydrogen-bond donors (Lipinski definition) is 4. The number of nitrogen functional groups attached to an aromatic ring is 1. The standard InChI is InChI=1S/C10H15N5O3S/c11-7-6(8(16)13-3-4-18-9(12)17)19-10(15-7)14-5-1-2-5/h5H,1-4,11H2,(H2,12,17)(H,13,16)(H,14,15). The minimum Gasteiger partial charge on any atom is -0.448 e. The van der Waals surface area contributed by atoms with Gasteiger partial charge < -0.3 is 26.8 Å². The molecule has 0 radical (unpaired) electrons. The van der Waals surface area contributed by atoms with E-state index in [2.05, 4.69) is 20.4 Å². The quantitative estimate of drug-likeness (QED) is 0.549. The molecule has 0 aromatic carbocycles. The van der Waals surface area contributed by atoms with Crippen molar-refractivity contribution in [3.63, 3.8) is 0 Å². The van der Waals surface area contributed by atoms with Crippen LogP contribution in [0.25, 0.3) is 0 Å². The third-order valence-corrected chi connectivity index (χ3v) is 3.40. The average Bonchev–Trinajstić information content (AvgIpc) is 3.07. The van der Waals surface area contributed by atoms with Crippen LogP contribution in [0.15, 0.2) is 0 Å². The Morgan fingerprint density at radius 2 is 2.21 bits per heavy atom. The number of nitrogens with zero attached hydrogens (tertiary/aromatic N) is 1. The Kier molecular flexibility index (Phi) is 4.05. The first-order valence-corrected chi connectivity index (χ1v) is 6.61. The minimum absolute atomic E-state index is 0.0208. The summed E-state index contributed by atoms with van der Waals surface area (Å²) < 4.78 is 4.49. The first-order chi connectivity index (χ1) is 9.06. The number of ether oxygens (including phenoxy) is 1. The van der Waals surface area contributed by atoms with Crippen molar-refractivity contribution in [2.45, 2.75) is 18.9 Å². The zero-order chi connectivity index (χ0) is 13.8. The third-order valence-electron chi connectivity index (χ3n) is 2.40. The van der Waals surface area contributed by atoms with E-state index in [0.29, 0.717) is 16.1 Å². The Bertz CT molecular complexity index is 486. The van der Waals surface area contributed by atoms with Crippen molar-refractivity contribution in [1.82, 2.24) is 10.3 Å². The van der Waals surface area contributed by atoms with Crippen molar-refractivity contribution < 1.29 is 14.3 Å². The lowest BCUT2D eigenvalue weighted by Gasteiger charge is -2.03. The molecule has 0 unspecified atom stereocenters. The summed E-state index contributed by atoms with van der Waals surface area (Å²) in [6, 6.07) is 0.449. The van der Waals surface area contributed by atoms with Gasteiger partial charge in [-0.25, -0.2) is 9.78 Å². The van der Waals surface area contributed by atoms with Crippen LogP contribution < -0.4 is 22.1 Å². The zero-order valence-electron chi connectivity index (χ0n) is 10.1. The van der Waals surface area contributed by atoms with E-state index in [1.807, 2.05) is 0 Å². The first-order valence-electron chi connectivity index (χ1n) is 5.79. The molecule has 9 heteroatoms. The van der Waals surface area contributed by atoms with Gasteiger partial charge in [0.1, 0.15) is 17.3 Å². The van der Waals surface area contributed by atoms with Gasteiger partial charge in [-0.2, -0.15) is 0 Å². The summed E-state index contributed by atoms with van der Waals surface area (Å²) in [5.41, 5.74) is 10.5. The topological polar surface area (TPSA) is 132 Å². The molecular formula is C10H15N5O3S. The molecule has 19 heavy (non-hydrogen) atoms. The summed E-state index contributed by atoms with van der Waals surface area (Å²) in [5, 5.41) is 6.40. The summed E-state index contributed by atoms with van der Waals surface area (Å²) in [6.07, 6.45) is 1.36. The maximum absolute atomic E-state index is 11.8. The fourth-order valence-electron chi connectivity index (χ4n) is 1.36. The average molecular weight is 285 g/mol. The van der Waals surface area contributed by atoms with Crippen LogP contribution in [0.3, 0.4) is 0 Å². The number of carbonyl (C=O) groups excluding carboxylic acids is 2. The van der Waals surface area contributed by atoms with Gasteiger partial charge in [0, 0.05) is 6.04 Å². The number of nitrogens with one attached hydrogen (secondary N) is 2. The number of amides is 2. The Balaban J connectivity index is 1.83. The molecular weight excluding hydrogens is 270 g/mol. The summed E-state index contributed by atoms with van der Waals surface area (Å²) in [5.74, 6) is -0.145. The Labute approximate surface area is 113 Å². The van der Waals surface area contributed by atoms with Crippen LogP contribution in [0.5, 0.6) is 0 Å². The fraction of sp³-hybridized carbons (Fsp3) is 0.500. The van der Waals surface area contributed by atoms with Crippen LogP contribution in [0.1, 0.15) is 22.5 Å². The fourth-order valence-corrected chi connectivity index (χ4v) is 2.23. The lowest BCUT2D eigenvalue weighted by Crippen LogP contribution is -2.28. The second-order valence-electron chi connectivity index (χ2n) is 4.08. The molecule has 104 valence electrons. The van der Waals surface area contributed by atoms with Crippen LogP contribution >= 0.6 is 11.3 Å². The molecule has 2 rings (SSSR count). The highest BCUT2D eigenvalue weighted by Gasteiger charge is 2.24. The number of aromatic nitrogens is 1. The van der Waals surface area contributed by atoms with Gasteiger partial charge in [0.2, 0.25) is 0 Å². The van der Waals surface area contributed by atoms with Crippen molar-refractivity contribution in [2.75, 3.05) is 24.2 Å². The summed E-state index contributed by atoms with van der Waals surface area (Å²) in [6.45, 7) is 0.192. The third kappa shape index (κ3) is 3.98. The molecule has 1 heterocycles. The van der Waals surface area contributed by atoms with Gasteiger partial charge >= 0.3 is 6.09 Å². The first kappa shape index (κ1) is 13.4. The number of nitrogens with two attached hydrogens (primary N) is 2. The van der Waals surface area contributed by atoms with Crippen molar-refractivity contribution in [1.29, 1.82) is 0 Å². The highest BCUT2D eigenvalue weighted by molar-refractivity contribution is 7.18. The Hall–Kier alpha value is -2.03. The molecule has 1 fully saturated rings. The maximum Gasteiger partial charge on any atom is 0.404 e. The van der Waals surface area contributed by atoms with Crippen molar-refractivity contribution in [3.05, 3.63) is 4.88 Å². The van der Waals surface area contributed by atoms with E-state index in [1.165, 1.54) is 11.3 Å². The smallest absolute Gasteiger partial charge is 0.404 e. The van der Waals surface area contributed by atoms with Crippen LogP contribution in [0, 0.1) is 0 Å². The van der Waals surface area contributed by atoms with Crippen molar-refractivity contribution >= 4 is 34.3 Å². The second-order valence-corrected chi connectivity index (χ2v) is 5.07. The summed E-state index contributed by atoms with van der Waals surface area (Å²) >= 11 is 1.21. The van der Waals surface area contributed by atoms with Gasteiger partial charge in [-0.3, -0.25) is 4.79 Å². The van der Waals surface area contributed by atoms with E-state index in [1.54, 1.807) is 0 Å². The predicted molar refractivity (Wildman–Crippen MR) is 71.0 cm³/mol. The molecule has 2 amide bonds. The molecule has 1 aromatic rings. The Morgan fingerprint density at radius 3 is 2.84 bits per heavy atom.